The third-order valence-corrected chi connectivity index (χ3v) is 4.75. The fourth-order valence-corrected chi connectivity index (χ4v) is 3.97. The number of carbonyl (C=O) groups excluding carboxylic acids is 1. The molecule has 5 heteroatoms. The van der Waals surface area contributed by atoms with Crippen LogP contribution in [0.3, 0.4) is 0 Å². The van der Waals surface area contributed by atoms with E-state index in [1.165, 1.54) is 23.5 Å². The largest absolute Gasteiger partial charge is 0.312 e. The number of halogens is 1. The summed E-state index contributed by atoms with van der Waals surface area (Å²) in [6.07, 6.45) is 1.76. The second-order valence-electron chi connectivity index (χ2n) is 5.61. The van der Waals surface area contributed by atoms with Crippen LogP contribution in [0.2, 0.25) is 0 Å². The van der Waals surface area contributed by atoms with Gasteiger partial charge in [-0.1, -0.05) is 35.6 Å². The number of nitrogens with zero attached hydrogens (tertiary/aromatic N) is 2. The van der Waals surface area contributed by atoms with Crippen LogP contribution in [0.5, 0.6) is 0 Å². The SMILES string of the molecule is C=CCn1c(=NC(=O)c2ccccc2F)sc2cc(C)cc(C)c21. The highest BCUT2D eigenvalue weighted by atomic mass is 32.1. The molecule has 0 aliphatic carbocycles. The zero-order valence-corrected chi connectivity index (χ0v) is 14.4. The van der Waals surface area contributed by atoms with Crippen molar-refractivity contribution >= 4 is 27.5 Å². The summed E-state index contributed by atoms with van der Waals surface area (Å²) >= 11 is 1.43. The number of rotatable bonds is 3. The molecule has 0 N–H and O–H groups in total. The number of hydrogen-bond donors (Lipinski definition) is 0. The van der Waals surface area contributed by atoms with Crippen LogP contribution in [0, 0.1) is 19.7 Å². The number of carbonyl (C=O) groups is 1. The first-order valence-corrected chi connectivity index (χ1v) is 8.38. The van der Waals surface area contributed by atoms with E-state index in [9.17, 15) is 9.18 Å². The Morgan fingerprint density at radius 1 is 1.33 bits per heavy atom. The third-order valence-electron chi connectivity index (χ3n) is 3.73. The molecule has 0 spiro atoms. The van der Waals surface area contributed by atoms with Gasteiger partial charge in [-0.05, 0) is 43.2 Å². The first-order valence-electron chi connectivity index (χ1n) is 7.56. The molecule has 0 aliphatic rings. The molecule has 122 valence electrons. The van der Waals surface area contributed by atoms with Gasteiger partial charge in [0.25, 0.3) is 5.91 Å². The maximum atomic E-state index is 13.8. The van der Waals surface area contributed by atoms with Crippen LogP contribution in [-0.2, 0) is 6.54 Å². The molecule has 0 fully saturated rings. The summed E-state index contributed by atoms with van der Waals surface area (Å²) in [5, 5.41) is 0. The third kappa shape index (κ3) is 2.95. The monoisotopic (exact) mass is 340 g/mol. The molecule has 1 aromatic heterocycles. The minimum atomic E-state index is -0.577. The predicted octanol–water partition coefficient (Wildman–Crippen LogP) is 4.39. The molecule has 0 atom stereocenters. The minimum Gasteiger partial charge on any atom is -0.312 e. The summed E-state index contributed by atoms with van der Waals surface area (Å²) in [5.41, 5.74) is 3.28. The lowest BCUT2D eigenvalue weighted by molar-refractivity contribution is 0.0994. The number of benzene rings is 2. The second kappa shape index (κ2) is 6.53. The van der Waals surface area contributed by atoms with E-state index in [1.54, 1.807) is 18.2 Å². The Morgan fingerprint density at radius 2 is 2.08 bits per heavy atom. The van der Waals surface area contributed by atoms with E-state index in [0.29, 0.717) is 11.3 Å². The summed E-state index contributed by atoms with van der Waals surface area (Å²) in [5.74, 6) is -1.14. The Bertz CT molecular complexity index is 1010. The fraction of sp³-hybridized carbons (Fsp3) is 0.158. The van der Waals surface area contributed by atoms with Gasteiger partial charge in [-0.2, -0.15) is 4.99 Å². The van der Waals surface area contributed by atoms with Crippen molar-refractivity contribution in [3.05, 3.63) is 76.4 Å². The van der Waals surface area contributed by atoms with Crippen LogP contribution < -0.4 is 4.80 Å². The zero-order valence-electron chi connectivity index (χ0n) is 13.5. The molecular weight excluding hydrogens is 323 g/mol. The molecule has 0 unspecified atom stereocenters. The molecule has 0 radical (unpaired) electrons. The first-order chi connectivity index (χ1) is 11.5. The molecule has 1 amide bonds. The Kier molecular flexibility index (Phi) is 4.44. The van der Waals surface area contributed by atoms with E-state index in [-0.39, 0.29) is 5.56 Å². The van der Waals surface area contributed by atoms with Gasteiger partial charge in [0.05, 0.1) is 15.8 Å². The molecule has 3 aromatic rings. The Hall–Kier alpha value is -2.53. The van der Waals surface area contributed by atoms with Gasteiger partial charge < -0.3 is 4.57 Å². The molecule has 0 bridgehead atoms. The minimum absolute atomic E-state index is 0.0204. The van der Waals surface area contributed by atoms with Crippen molar-refractivity contribution in [2.24, 2.45) is 4.99 Å². The molecular formula is C19H17FN2OS. The number of amides is 1. The number of allylic oxidation sites excluding steroid dienone is 1. The van der Waals surface area contributed by atoms with Gasteiger partial charge in [-0.25, -0.2) is 4.39 Å². The van der Waals surface area contributed by atoms with E-state index in [0.717, 1.165) is 21.3 Å². The Balaban J connectivity index is 2.23. The number of aryl methyl sites for hydroxylation is 2. The van der Waals surface area contributed by atoms with Crippen LogP contribution >= 0.6 is 11.3 Å². The standard InChI is InChI=1S/C19H17FN2OS/c1-4-9-22-17-13(3)10-12(2)11-16(17)24-19(22)21-18(23)14-7-5-6-8-15(14)20/h4-8,10-11H,1,9H2,2-3H3. The maximum Gasteiger partial charge on any atom is 0.282 e. The molecule has 1 heterocycles. The van der Waals surface area contributed by atoms with E-state index < -0.39 is 11.7 Å². The van der Waals surface area contributed by atoms with E-state index >= 15 is 0 Å². The first kappa shape index (κ1) is 16.3. The quantitative estimate of drug-likeness (QED) is 0.651. The van der Waals surface area contributed by atoms with Crippen molar-refractivity contribution in [3.8, 4) is 0 Å². The highest BCUT2D eigenvalue weighted by molar-refractivity contribution is 7.16. The molecule has 24 heavy (non-hydrogen) atoms. The normalized spacial score (nSPS) is 11.9. The topological polar surface area (TPSA) is 34.4 Å². The lowest BCUT2D eigenvalue weighted by Gasteiger charge is -2.05. The molecule has 3 rings (SSSR count). The van der Waals surface area contributed by atoms with Crippen LogP contribution in [0.25, 0.3) is 10.2 Å². The number of thiazole rings is 1. The number of hydrogen-bond acceptors (Lipinski definition) is 2. The van der Waals surface area contributed by atoms with Crippen molar-refractivity contribution in [1.29, 1.82) is 0 Å². The second-order valence-corrected chi connectivity index (χ2v) is 6.62. The van der Waals surface area contributed by atoms with Crippen LogP contribution in [-0.4, -0.2) is 10.5 Å². The summed E-state index contributed by atoms with van der Waals surface area (Å²) in [7, 11) is 0. The summed E-state index contributed by atoms with van der Waals surface area (Å²) in [4.78, 5) is 17.1. The van der Waals surface area contributed by atoms with Gasteiger partial charge >= 0.3 is 0 Å². The molecule has 0 saturated heterocycles. The van der Waals surface area contributed by atoms with Gasteiger partial charge in [-0.3, -0.25) is 4.79 Å². The van der Waals surface area contributed by atoms with Gasteiger partial charge in [0.1, 0.15) is 5.82 Å². The molecule has 3 nitrogen and oxygen atoms in total. The van der Waals surface area contributed by atoms with Crippen LogP contribution in [0.1, 0.15) is 21.5 Å². The van der Waals surface area contributed by atoms with Crippen LogP contribution in [0.4, 0.5) is 4.39 Å². The molecule has 0 saturated carbocycles. The average molecular weight is 340 g/mol. The van der Waals surface area contributed by atoms with Crippen molar-refractivity contribution in [1.82, 2.24) is 4.57 Å². The molecule has 2 aromatic carbocycles. The van der Waals surface area contributed by atoms with Crippen molar-refractivity contribution in [3.63, 3.8) is 0 Å². The summed E-state index contributed by atoms with van der Waals surface area (Å²) in [6, 6.07) is 10.1. The van der Waals surface area contributed by atoms with E-state index in [1.807, 2.05) is 18.4 Å². The average Bonchev–Trinajstić information content (AvgIpc) is 2.85. The van der Waals surface area contributed by atoms with Crippen LogP contribution in [0.15, 0.2) is 54.0 Å². The van der Waals surface area contributed by atoms with Crippen molar-refractivity contribution < 1.29 is 9.18 Å². The summed E-state index contributed by atoms with van der Waals surface area (Å²) in [6.45, 7) is 8.38. The highest BCUT2D eigenvalue weighted by Crippen LogP contribution is 2.23. The van der Waals surface area contributed by atoms with Gasteiger partial charge in [0.2, 0.25) is 0 Å². The Labute approximate surface area is 143 Å². The fourth-order valence-electron chi connectivity index (χ4n) is 2.76. The van der Waals surface area contributed by atoms with Gasteiger partial charge in [0, 0.05) is 6.54 Å². The number of fused-ring (bicyclic) bond motifs is 1. The highest BCUT2D eigenvalue weighted by Gasteiger charge is 2.13. The predicted molar refractivity (Wildman–Crippen MR) is 95.8 cm³/mol. The van der Waals surface area contributed by atoms with E-state index in [4.69, 9.17) is 0 Å². The lowest BCUT2D eigenvalue weighted by atomic mass is 10.1. The van der Waals surface area contributed by atoms with Gasteiger partial charge in [0.15, 0.2) is 4.80 Å². The number of aromatic nitrogens is 1. The van der Waals surface area contributed by atoms with E-state index in [2.05, 4.69) is 23.7 Å². The lowest BCUT2D eigenvalue weighted by Crippen LogP contribution is -2.17. The molecule has 0 aliphatic heterocycles. The smallest absolute Gasteiger partial charge is 0.282 e. The van der Waals surface area contributed by atoms with Crippen molar-refractivity contribution in [2.75, 3.05) is 0 Å². The van der Waals surface area contributed by atoms with Crippen molar-refractivity contribution in [2.45, 2.75) is 20.4 Å². The van der Waals surface area contributed by atoms with Gasteiger partial charge in [-0.15, -0.1) is 6.58 Å². The Morgan fingerprint density at radius 3 is 2.79 bits per heavy atom. The zero-order chi connectivity index (χ0) is 17.3. The summed E-state index contributed by atoms with van der Waals surface area (Å²) < 4.78 is 16.8. The maximum absolute atomic E-state index is 13.8.